The minimum atomic E-state index is -0.236. The number of ether oxygens (including phenoxy) is 1. The van der Waals surface area contributed by atoms with Crippen LogP contribution in [0.4, 0.5) is 5.69 Å². The lowest BCUT2D eigenvalue weighted by Crippen LogP contribution is -2.03. The van der Waals surface area contributed by atoms with E-state index in [0.29, 0.717) is 22.2 Å². The summed E-state index contributed by atoms with van der Waals surface area (Å²) in [5.74, 6) is 0.737. The highest BCUT2D eigenvalue weighted by Gasteiger charge is 2.04. The molecule has 0 aliphatic heterocycles. The summed E-state index contributed by atoms with van der Waals surface area (Å²) in [7, 11) is 1.37. The molecule has 2 N–H and O–H groups in total. The van der Waals surface area contributed by atoms with E-state index in [1.165, 1.54) is 18.9 Å². The average Bonchev–Trinajstić information content (AvgIpc) is 2.23. The van der Waals surface area contributed by atoms with E-state index < -0.39 is 0 Å². The van der Waals surface area contributed by atoms with Crippen molar-refractivity contribution in [2.45, 2.75) is 5.75 Å². The van der Waals surface area contributed by atoms with E-state index in [1.54, 1.807) is 12.1 Å². The zero-order valence-electron chi connectivity index (χ0n) is 8.33. The molecule has 0 radical (unpaired) electrons. The van der Waals surface area contributed by atoms with Crippen molar-refractivity contribution < 1.29 is 9.53 Å². The minimum Gasteiger partial charge on any atom is -0.468 e. The monoisotopic (exact) mass is 245 g/mol. The Balaban J connectivity index is 2.50. The molecule has 0 bridgehead atoms. The number of methoxy groups -OCH3 is 1. The summed E-state index contributed by atoms with van der Waals surface area (Å²) in [6.07, 6.45) is 0. The maximum Gasteiger partial charge on any atom is 0.315 e. The van der Waals surface area contributed by atoms with Crippen molar-refractivity contribution >= 4 is 35.0 Å². The van der Waals surface area contributed by atoms with E-state index >= 15 is 0 Å². The normalized spacial score (nSPS) is 10.0. The summed E-state index contributed by atoms with van der Waals surface area (Å²) < 4.78 is 4.52. The van der Waals surface area contributed by atoms with Gasteiger partial charge in [-0.1, -0.05) is 11.6 Å². The first-order valence-corrected chi connectivity index (χ1v) is 5.85. The van der Waals surface area contributed by atoms with Crippen LogP contribution in [0.25, 0.3) is 0 Å². The second-order valence-corrected chi connectivity index (χ2v) is 4.31. The number of thioether (sulfide) groups is 1. The van der Waals surface area contributed by atoms with E-state index in [4.69, 9.17) is 17.3 Å². The van der Waals surface area contributed by atoms with Crippen LogP contribution in [0.5, 0.6) is 0 Å². The molecule has 0 saturated heterocycles. The standard InChI is InChI=1S/C10H12ClNO2S/c1-14-10(13)6-15-5-7-4-8(12)2-3-9(7)11/h2-4H,5-6,12H2,1H3. The highest BCUT2D eigenvalue weighted by molar-refractivity contribution is 7.99. The summed E-state index contributed by atoms with van der Waals surface area (Å²) in [6, 6.07) is 5.31. The van der Waals surface area contributed by atoms with Gasteiger partial charge in [0, 0.05) is 16.5 Å². The lowest BCUT2D eigenvalue weighted by molar-refractivity contribution is -0.137. The topological polar surface area (TPSA) is 52.3 Å². The number of carbonyl (C=O) groups is 1. The first-order valence-electron chi connectivity index (χ1n) is 4.32. The van der Waals surface area contributed by atoms with Gasteiger partial charge >= 0.3 is 5.97 Å². The number of esters is 1. The highest BCUT2D eigenvalue weighted by Crippen LogP contribution is 2.23. The molecule has 0 aliphatic rings. The molecule has 1 aromatic carbocycles. The van der Waals surface area contributed by atoms with Crippen molar-refractivity contribution in [3.63, 3.8) is 0 Å². The van der Waals surface area contributed by atoms with Gasteiger partial charge in [-0.2, -0.15) is 0 Å². The van der Waals surface area contributed by atoms with Crippen molar-refractivity contribution in [2.24, 2.45) is 0 Å². The maximum absolute atomic E-state index is 10.9. The molecule has 1 rings (SSSR count). The summed E-state index contributed by atoms with van der Waals surface area (Å²) in [4.78, 5) is 10.9. The number of halogens is 1. The van der Waals surface area contributed by atoms with Crippen molar-refractivity contribution in [1.82, 2.24) is 0 Å². The lowest BCUT2D eigenvalue weighted by Gasteiger charge is -2.04. The predicted molar refractivity (Wildman–Crippen MR) is 64.0 cm³/mol. The third-order valence-corrected chi connectivity index (χ3v) is 3.10. The first kappa shape index (κ1) is 12.2. The highest BCUT2D eigenvalue weighted by atomic mass is 35.5. The Morgan fingerprint density at radius 2 is 2.33 bits per heavy atom. The number of rotatable bonds is 4. The predicted octanol–water partition coefficient (Wildman–Crippen LogP) is 2.33. The molecule has 0 spiro atoms. The molecular formula is C10H12ClNO2S. The third kappa shape index (κ3) is 4.01. The molecule has 3 nitrogen and oxygen atoms in total. The fraction of sp³-hybridized carbons (Fsp3) is 0.300. The molecule has 0 atom stereocenters. The number of nitrogen functional groups attached to an aromatic ring is 1. The van der Waals surface area contributed by atoms with Gasteiger partial charge in [-0.25, -0.2) is 0 Å². The van der Waals surface area contributed by atoms with E-state index in [2.05, 4.69) is 4.74 Å². The second kappa shape index (κ2) is 5.88. The number of carbonyl (C=O) groups excluding carboxylic acids is 1. The number of anilines is 1. The van der Waals surface area contributed by atoms with Crippen LogP contribution >= 0.6 is 23.4 Å². The van der Waals surface area contributed by atoms with Crippen molar-refractivity contribution in [3.8, 4) is 0 Å². The molecule has 5 heteroatoms. The molecule has 0 aromatic heterocycles. The Kier molecular flexibility index (Phi) is 4.78. The number of hydrogen-bond acceptors (Lipinski definition) is 4. The average molecular weight is 246 g/mol. The third-order valence-electron chi connectivity index (χ3n) is 1.77. The maximum atomic E-state index is 10.9. The van der Waals surface area contributed by atoms with Crippen LogP contribution in [0, 0.1) is 0 Å². The molecule has 1 aromatic rings. The number of benzene rings is 1. The molecule has 0 saturated carbocycles. The summed E-state index contributed by atoms with van der Waals surface area (Å²) >= 11 is 7.41. The number of hydrogen-bond donors (Lipinski definition) is 1. The molecule has 15 heavy (non-hydrogen) atoms. The zero-order valence-corrected chi connectivity index (χ0v) is 9.90. The van der Waals surface area contributed by atoms with Crippen molar-refractivity contribution in [2.75, 3.05) is 18.6 Å². The van der Waals surface area contributed by atoms with Crippen molar-refractivity contribution in [1.29, 1.82) is 0 Å². The van der Waals surface area contributed by atoms with Gasteiger partial charge in [0.15, 0.2) is 0 Å². The largest absolute Gasteiger partial charge is 0.468 e. The Morgan fingerprint density at radius 3 is 3.00 bits per heavy atom. The van der Waals surface area contributed by atoms with E-state index in [0.717, 1.165) is 5.56 Å². The summed E-state index contributed by atoms with van der Waals surface area (Å²) in [6.45, 7) is 0. The molecular weight excluding hydrogens is 234 g/mol. The van der Waals surface area contributed by atoms with Gasteiger partial charge in [-0.15, -0.1) is 11.8 Å². The fourth-order valence-corrected chi connectivity index (χ4v) is 2.12. The van der Waals surface area contributed by atoms with E-state index in [9.17, 15) is 4.79 Å². The van der Waals surface area contributed by atoms with Crippen LogP contribution in [0.3, 0.4) is 0 Å². The van der Waals surface area contributed by atoms with Crippen LogP contribution in [-0.2, 0) is 15.3 Å². The van der Waals surface area contributed by atoms with E-state index in [1.807, 2.05) is 6.07 Å². The molecule has 0 heterocycles. The Labute approximate surface area is 97.9 Å². The summed E-state index contributed by atoms with van der Waals surface area (Å²) in [5, 5.41) is 0.668. The van der Waals surface area contributed by atoms with Crippen LogP contribution in [0.2, 0.25) is 5.02 Å². The molecule has 0 unspecified atom stereocenters. The Bertz CT molecular complexity index is 357. The van der Waals surface area contributed by atoms with Crippen LogP contribution in [-0.4, -0.2) is 18.8 Å². The van der Waals surface area contributed by atoms with Crippen LogP contribution in [0.1, 0.15) is 5.56 Å². The molecule has 0 fully saturated rings. The molecule has 82 valence electrons. The van der Waals surface area contributed by atoms with Gasteiger partial charge < -0.3 is 10.5 Å². The zero-order chi connectivity index (χ0) is 11.3. The summed E-state index contributed by atoms with van der Waals surface area (Å²) in [5.41, 5.74) is 7.24. The number of nitrogens with two attached hydrogens (primary N) is 1. The second-order valence-electron chi connectivity index (χ2n) is 2.92. The van der Waals surface area contributed by atoms with Gasteiger partial charge in [0.1, 0.15) is 0 Å². The smallest absolute Gasteiger partial charge is 0.315 e. The van der Waals surface area contributed by atoms with Gasteiger partial charge in [0.05, 0.1) is 12.9 Å². The van der Waals surface area contributed by atoms with Crippen LogP contribution < -0.4 is 5.73 Å². The fourth-order valence-electron chi connectivity index (χ4n) is 1.01. The molecule has 0 aliphatic carbocycles. The van der Waals surface area contributed by atoms with E-state index in [-0.39, 0.29) is 5.97 Å². The lowest BCUT2D eigenvalue weighted by atomic mass is 10.2. The minimum absolute atomic E-state index is 0.236. The van der Waals surface area contributed by atoms with Gasteiger partial charge in [0.2, 0.25) is 0 Å². The Morgan fingerprint density at radius 1 is 1.60 bits per heavy atom. The van der Waals surface area contributed by atoms with Gasteiger partial charge in [-0.05, 0) is 23.8 Å². The van der Waals surface area contributed by atoms with Crippen molar-refractivity contribution in [3.05, 3.63) is 28.8 Å². The van der Waals surface area contributed by atoms with Gasteiger partial charge in [-0.3, -0.25) is 4.79 Å². The Hall–Kier alpha value is -0.870. The molecule has 0 amide bonds. The quantitative estimate of drug-likeness (QED) is 0.654. The SMILES string of the molecule is COC(=O)CSCc1cc(N)ccc1Cl. The van der Waals surface area contributed by atoms with Crippen LogP contribution in [0.15, 0.2) is 18.2 Å². The first-order chi connectivity index (χ1) is 7.13. The van der Waals surface area contributed by atoms with Gasteiger partial charge in [0.25, 0.3) is 0 Å².